The quantitative estimate of drug-likeness (QED) is 0.441. The van der Waals surface area contributed by atoms with E-state index in [1.165, 1.54) is 18.5 Å². The molecule has 3 heterocycles. The van der Waals surface area contributed by atoms with Gasteiger partial charge in [-0.3, -0.25) is 9.78 Å². The second kappa shape index (κ2) is 9.41. The van der Waals surface area contributed by atoms with Crippen LogP contribution in [-0.2, 0) is 4.74 Å². The first-order valence-electron chi connectivity index (χ1n) is 10.0. The van der Waals surface area contributed by atoms with Gasteiger partial charge in [0.1, 0.15) is 41.4 Å². The van der Waals surface area contributed by atoms with Gasteiger partial charge in [0.2, 0.25) is 6.10 Å². The maximum absolute atomic E-state index is 14.5. The van der Waals surface area contributed by atoms with Crippen LogP contribution in [-0.4, -0.2) is 44.4 Å². The number of nitrogens with one attached hydrogen (secondary N) is 1. The zero-order valence-corrected chi connectivity index (χ0v) is 17.6. The number of nitrogen functional groups attached to an aromatic ring is 1. The second-order valence-electron chi connectivity index (χ2n) is 7.41. The summed E-state index contributed by atoms with van der Waals surface area (Å²) in [4.78, 5) is 20.7. The molecule has 0 aliphatic carbocycles. The lowest BCUT2D eigenvalue weighted by molar-refractivity contribution is -0.0311. The maximum Gasteiger partial charge on any atom is 0.276 e. The number of hydrogen-bond donors (Lipinski definition) is 4. The second-order valence-corrected chi connectivity index (χ2v) is 7.41. The highest BCUT2D eigenvalue weighted by molar-refractivity contribution is 6.07. The number of benzene rings is 1. The highest BCUT2D eigenvalue weighted by Crippen LogP contribution is 2.32. The number of rotatable bonds is 4. The molecular weight excluding hydrogens is 467 g/mol. The zero-order valence-electron chi connectivity index (χ0n) is 17.6. The van der Waals surface area contributed by atoms with Crippen molar-refractivity contribution in [2.45, 2.75) is 18.3 Å². The van der Waals surface area contributed by atoms with Crippen LogP contribution in [0.2, 0.25) is 0 Å². The Morgan fingerprint density at radius 1 is 1.17 bits per heavy atom. The molecule has 0 spiro atoms. The SMILES string of the molecule is N#CC1OC(c2ccncc2NC(=O)c2nc(-c3c(F)cccc3F)c(F)cc2N)=CC(O)C1O. The van der Waals surface area contributed by atoms with E-state index in [2.05, 4.69) is 15.3 Å². The molecular formula is C23H16F3N5O4. The van der Waals surface area contributed by atoms with Gasteiger partial charge in [0.15, 0.2) is 11.5 Å². The Bertz CT molecular complexity index is 1370. The van der Waals surface area contributed by atoms with E-state index in [1.807, 2.05) is 0 Å². The number of carbonyl (C=O) groups excluding carboxylic acids is 1. The zero-order chi connectivity index (χ0) is 25.3. The smallest absolute Gasteiger partial charge is 0.276 e. The van der Waals surface area contributed by atoms with Crippen molar-refractivity contribution in [3.8, 4) is 17.3 Å². The molecule has 2 aromatic heterocycles. The van der Waals surface area contributed by atoms with Crippen LogP contribution in [0.5, 0.6) is 0 Å². The van der Waals surface area contributed by atoms with Crippen molar-refractivity contribution in [2.75, 3.05) is 11.1 Å². The van der Waals surface area contributed by atoms with Gasteiger partial charge in [-0.1, -0.05) is 6.07 Å². The van der Waals surface area contributed by atoms with Gasteiger partial charge in [-0.05, 0) is 24.3 Å². The van der Waals surface area contributed by atoms with Crippen LogP contribution >= 0.6 is 0 Å². The standard InChI is InChI=1S/C23H16F3N5O4/c24-11-2-1-3-12(25)19(11)20-13(26)6-14(28)21(31-20)23(34)30-15-9-29-5-4-10(15)17-7-16(32)22(33)18(8-27)35-17/h1-7,9,16,18,22,32-33H,28H2,(H,30,34). The number of halogens is 3. The predicted octanol–water partition coefficient (Wildman–Crippen LogP) is 2.38. The average Bonchev–Trinajstić information content (AvgIpc) is 2.82. The number of nitriles is 1. The van der Waals surface area contributed by atoms with E-state index in [4.69, 9.17) is 15.7 Å². The van der Waals surface area contributed by atoms with E-state index >= 15 is 0 Å². The van der Waals surface area contributed by atoms with Crippen molar-refractivity contribution in [1.82, 2.24) is 9.97 Å². The van der Waals surface area contributed by atoms with Gasteiger partial charge in [0.25, 0.3) is 5.91 Å². The van der Waals surface area contributed by atoms with Crippen LogP contribution in [0, 0.1) is 28.8 Å². The summed E-state index contributed by atoms with van der Waals surface area (Å²) in [5, 5.41) is 31.5. The number of amides is 1. The fourth-order valence-electron chi connectivity index (χ4n) is 3.41. The van der Waals surface area contributed by atoms with Crippen LogP contribution in [0.15, 0.2) is 48.8 Å². The van der Waals surface area contributed by atoms with Gasteiger partial charge in [0.05, 0.1) is 23.1 Å². The molecule has 35 heavy (non-hydrogen) atoms. The lowest BCUT2D eigenvalue weighted by Gasteiger charge is -2.28. The van der Waals surface area contributed by atoms with Gasteiger partial charge < -0.3 is 26.0 Å². The molecule has 0 fully saturated rings. The van der Waals surface area contributed by atoms with Crippen LogP contribution in [0.4, 0.5) is 24.5 Å². The molecule has 12 heteroatoms. The molecule has 0 radical (unpaired) electrons. The van der Waals surface area contributed by atoms with E-state index in [9.17, 15) is 28.2 Å². The Kier molecular flexibility index (Phi) is 6.37. The van der Waals surface area contributed by atoms with Crippen molar-refractivity contribution in [3.05, 3.63) is 77.5 Å². The Hall–Kier alpha value is -4.47. The molecule has 9 nitrogen and oxygen atoms in total. The summed E-state index contributed by atoms with van der Waals surface area (Å²) in [5.74, 6) is -4.31. The summed E-state index contributed by atoms with van der Waals surface area (Å²) in [7, 11) is 0. The van der Waals surface area contributed by atoms with Crippen molar-refractivity contribution < 1.29 is 32.9 Å². The number of nitrogens with zero attached hydrogens (tertiary/aromatic N) is 3. The molecule has 1 amide bonds. The lowest BCUT2D eigenvalue weighted by atomic mass is 10.0. The number of pyridine rings is 2. The molecule has 0 saturated heterocycles. The highest BCUT2D eigenvalue weighted by atomic mass is 19.1. The van der Waals surface area contributed by atoms with Crippen molar-refractivity contribution >= 4 is 23.0 Å². The molecule has 4 rings (SSSR count). The first-order chi connectivity index (χ1) is 16.7. The minimum absolute atomic E-state index is 0.0215. The summed E-state index contributed by atoms with van der Waals surface area (Å²) in [5.41, 5.74) is 3.51. The van der Waals surface area contributed by atoms with Crippen LogP contribution in [0.1, 0.15) is 16.1 Å². The van der Waals surface area contributed by atoms with Gasteiger partial charge in [-0.25, -0.2) is 18.2 Å². The maximum atomic E-state index is 14.5. The average molecular weight is 483 g/mol. The topological polar surface area (TPSA) is 154 Å². The highest BCUT2D eigenvalue weighted by Gasteiger charge is 2.33. The van der Waals surface area contributed by atoms with Gasteiger partial charge in [0, 0.05) is 17.8 Å². The molecule has 1 aromatic carbocycles. The number of carbonyl (C=O) groups is 1. The van der Waals surface area contributed by atoms with Crippen molar-refractivity contribution in [1.29, 1.82) is 5.26 Å². The Morgan fingerprint density at radius 3 is 2.57 bits per heavy atom. The molecule has 178 valence electrons. The minimum Gasteiger partial charge on any atom is -0.472 e. The Balaban J connectivity index is 1.71. The predicted molar refractivity (Wildman–Crippen MR) is 117 cm³/mol. The number of nitrogens with two attached hydrogens (primary N) is 1. The molecule has 3 unspecified atom stereocenters. The first kappa shape index (κ1) is 23.7. The summed E-state index contributed by atoms with van der Waals surface area (Å²) in [6.45, 7) is 0. The third-order valence-electron chi connectivity index (χ3n) is 5.12. The van der Waals surface area contributed by atoms with Crippen LogP contribution in [0.25, 0.3) is 17.0 Å². The van der Waals surface area contributed by atoms with Crippen LogP contribution in [0.3, 0.4) is 0 Å². The minimum atomic E-state index is -1.48. The fourth-order valence-corrected chi connectivity index (χ4v) is 3.41. The number of aliphatic hydroxyl groups is 2. The summed E-state index contributed by atoms with van der Waals surface area (Å²) in [6, 6.07) is 6.75. The van der Waals surface area contributed by atoms with Crippen molar-refractivity contribution in [2.24, 2.45) is 0 Å². The monoisotopic (exact) mass is 483 g/mol. The van der Waals surface area contributed by atoms with Crippen molar-refractivity contribution in [3.63, 3.8) is 0 Å². The number of anilines is 2. The molecule has 3 aromatic rings. The molecule has 0 bridgehead atoms. The summed E-state index contributed by atoms with van der Waals surface area (Å²) < 4.78 is 48.3. The van der Waals surface area contributed by atoms with Gasteiger partial charge in [-0.15, -0.1) is 0 Å². The summed E-state index contributed by atoms with van der Waals surface area (Å²) >= 11 is 0. The first-order valence-corrected chi connectivity index (χ1v) is 10.0. The van der Waals surface area contributed by atoms with Crippen LogP contribution < -0.4 is 11.1 Å². The summed E-state index contributed by atoms with van der Waals surface area (Å²) in [6.07, 6.45) is -0.580. The molecule has 1 aliphatic rings. The van der Waals surface area contributed by atoms with E-state index in [1.54, 1.807) is 6.07 Å². The molecule has 1 aliphatic heterocycles. The van der Waals surface area contributed by atoms with E-state index in [-0.39, 0.29) is 17.0 Å². The third kappa shape index (κ3) is 4.50. The third-order valence-corrected chi connectivity index (χ3v) is 5.12. The number of aliphatic hydroxyl groups excluding tert-OH is 2. The van der Waals surface area contributed by atoms with E-state index in [0.29, 0.717) is 0 Å². The largest absolute Gasteiger partial charge is 0.472 e. The van der Waals surface area contributed by atoms with Gasteiger partial charge in [-0.2, -0.15) is 5.26 Å². The number of aromatic nitrogens is 2. The van der Waals surface area contributed by atoms with E-state index in [0.717, 1.165) is 30.3 Å². The normalized spacial score (nSPS) is 19.3. The molecule has 3 atom stereocenters. The Morgan fingerprint density at radius 2 is 1.89 bits per heavy atom. The van der Waals surface area contributed by atoms with Gasteiger partial charge >= 0.3 is 0 Å². The lowest BCUT2D eigenvalue weighted by Crippen LogP contribution is -2.40. The number of hydrogen-bond acceptors (Lipinski definition) is 8. The fraction of sp³-hybridized carbons (Fsp3) is 0.130. The number of ether oxygens (including phenoxy) is 1. The van der Waals surface area contributed by atoms with E-state index < -0.39 is 64.3 Å². The Labute approximate surface area is 195 Å². The molecule has 5 N–H and O–H groups in total. The molecule has 0 saturated carbocycles.